The average molecular weight is 419 g/mol. The van der Waals surface area contributed by atoms with Crippen molar-refractivity contribution < 1.29 is 19.1 Å². The van der Waals surface area contributed by atoms with Crippen LogP contribution in [0.3, 0.4) is 0 Å². The molecule has 31 heavy (non-hydrogen) atoms. The first-order valence-corrected chi connectivity index (χ1v) is 9.74. The zero-order valence-corrected chi connectivity index (χ0v) is 17.7. The van der Waals surface area contributed by atoms with Crippen molar-refractivity contribution in [1.82, 2.24) is 0 Å². The predicted molar refractivity (Wildman–Crippen MR) is 122 cm³/mol. The molecule has 2 amide bonds. The van der Waals surface area contributed by atoms with E-state index >= 15 is 0 Å². The van der Waals surface area contributed by atoms with Crippen molar-refractivity contribution in [1.29, 1.82) is 0 Å². The van der Waals surface area contributed by atoms with E-state index in [9.17, 15) is 9.59 Å². The molecular weight excluding hydrogens is 394 g/mol. The number of ether oxygens (including phenoxy) is 2. The highest BCUT2D eigenvalue weighted by Crippen LogP contribution is 2.28. The molecule has 0 aromatic heterocycles. The fourth-order valence-corrected chi connectivity index (χ4v) is 2.98. The lowest BCUT2D eigenvalue weighted by atomic mass is 10.2. The molecule has 2 N–H and O–H groups in total. The molecule has 0 aliphatic rings. The van der Waals surface area contributed by atoms with Gasteiger partial charge in [-0.05, 0) is 54.6 Å². The molecule has 0 saturated heterocycles. The van der Waals surface area contributed by atoms with Gasteiger partial charge in [0.2, 0.25) is 11.8 Å². The first kappa shape index (κ1) is 21.7. The van der Waals surface area contributed by atoms with Gasteiger partial charge in [-0.15, -0.1) is 0 Å². The van der Waals surface area contributed by atoms with Crippen molar-refractivity contribution in [2.45, 2.75) is 6.92 Å². The van der Waals surface area contributed by atoms with Crippen LogP contribution in [0.15, 0.2) is 72.8 Å². The summed E-state index contributed by atoms with van der Waals surface area (Å²) in [5, 5.41) is 5.53. The van der Waals surface area contributed by atoms with Crippen LogP contribution in [0.25, 0.3) is 0 Å². The molecule has 0 unspecified atom stereocenters. The Bertz CT molecular complexity index is 1040. The van der Waals surface area contributed by atoms with Crippen molar-refractivity contribution in [3.05, 3.63) is 72.8 Å². The van der Waals surface area contributed by atoms with Crippen LogP contribution in [0.4, 0.5) is 17.1 Å². The summed E-state index contributed by atoms with van der Waals surface area (Å²) in [7, 11) is 3.35. The van der Waals surface area contributed by atoms with E-state index in [0.717, 1.165) is 11.4 Å². The standard InChI is InChI=1S/C24H25N3O4/c1-17(28)25-18-9-14-23(30-3)22(15-18)26-24(29)16-27(2)19-10-12-21(13-11-19)31-20-7-5-4-6-8-20/h4-15H,16H2,1-3H3,(H,25,28)(H,26,29). The number of rotatable bonds is 8. The molecule has 0 heterocycles. The molecule has 160 valence electrons. The van der Waals surface area contributed by atoms with Gasteiger partial charge in [0.1, 0.15) is 17.2 Å². The molecule has 3 aromatic rings. The summed E-state index contributed by atoms with van der Waals surface area (Å²) in [6.07, 6.45) is 0. The van der Waals surface area contributed by atoms with E-state index in [0.29, 0.717) is 22.9 Å². The minimum atomic E-state index is -0.217. The summed E-state index contributed by atoms with van der Waals surface area (Å²) in [5.74, 6) is 1.57. The van der Waals surface area contributed by atoms with Crippen molar-refractivity contribution >= 4 is 28.9 Å². The zero-order chi connectivity index (χ0) is 22.2. The highest BCUT2D eigenvalue weighted by Gasteiger charge is 2.12. The van der Waals surface area contributed by atoms with Crippen molar-refractivity contribution in [3.63, 3.8) is 0 Å². The van der Waals surface area contributed by atoms with Gasteiger partial charge in [0, 0.05) is 25.3 Å². The van der Waals surface area contributed by atoms with E-state index in [1.807, 2.05) is 66.5 Å². The Morgan fingerprint density at radius 3 is 2.23 bits per heavy atom. The van der Waals surface area contributed by atoms with E-state index < -0.39 is 0 Å². The summed E-state index contributed by atoms with van der Waals surface area (Å²) < 4.78 is 11.1. The molecule has 0 radical (unpaired) electrons. The fourth-order valence-electron chi connectivity index (χ4n) is 2.98. The van der Waals surface area contributed by atoms with Crippen LogP contribution in [0.1, 0.15) is 6.92 Å². The van der Waals surface area contributed by atoms with Gasteiger partial charge in [-0.3, -0.25) is 9.59 Å². The topological polar surface area (TPSA) is 79.9 Å². The molecule has 0 spiro atoms. The van der Waals surface area contributed by atoms with E-state index in [-0.39, 0.29) is 18.4 Å². The third-order valence-electron chi connectivity index (χ3n) is 4.43. The lowest BCUT2D eigenvalue weighted by Gasteiger charge is -2.20. The van der Waals surface area contributed by atoms with Gasteiger partial charge in [0.25, 0.3) is 0 Å². The molecular formula is C24H25N3O4. The SMILES string of the molecule is COc1ccc(NC(C)=O)cc1NC(=O)CN(C)c1ccc(Oc2ccccc2)cc1. The number of methoxy groups -OCH3 is 1. The Hall–Kier alpha value is -4.00. The largest absolute Gasteiger partial charge is 0.495 e. The van der Waals surface area contributed by atoms with Crippen LogP contribution in [-0.2, 0) is 9.59 Å². The minimum Gasteiger partial charge on any atom is -0.495 e. The fraction of sp³-hybridized carbons (Fsp3) is 0.167. The number of carbonyl (C=O) groups excluding carboxylic acids is 2. The van der Waals surface area contributed by atoms with Gasteiger partial charge in [0.15, 0.2) is 0 Å². The van der Waals surface area contributed by atoms with Gasteiger partial charge in [-0.25, -0.2) is 0 Å². The average Bonchev–Trinajstić information content (AvgIpc) is 2.74. The van der Waals surface area contributed by atoms with Crippen LogP contribution in [-0.4, -0.2) is 32.5 Å². The maximum atomic E-state index is 12.6. The van der Waals surface area contributed by atoms with E-state index in [4.69, 9.17) is 9.47 Å². The molecule has 0 bridgehead atoms. The monoisotopic (exact) mass is 419 g/mol. The van der Waals surface area contributed by atoms with E-state index in [2.05, 4.69) is 10.6 Å². The summed E-state index contributed by atoms with van der Waals surface area (Å²) in [4.78, 5) is 25.7. The number of para-hydroxylation sites is 1. The minimum absolute atomic E-state index is 0.131. The second-order valence-corrected chi connectivity index (χ2v) is 6.91. The third-order valence-corrected chi connectivity index (χ3v) is 4.43. The summed E-state index contributed by atoms with van der Waals surface area (Å²) >= 11 is 0. The van der Waals surface area contributed by atoms with Gasteiger partial charge in [-0.1, -0.05) is 18.2 Å². The smallest absolute Gasteiger partial charge is 0.243 e. The number of carbonyl (C=O) groups is 2. The van der Waals surface area contributed by atoms with Crippen LogP contribution < -0.4 is 25.0 Å². The number of amides is 2. The summed E-state index contributed by atoms with van der Waals surface area (Å²) in [5.41, 5.74) is 1.93. The maximum Gasteiger partial charge on any atom is 0.243 e. The van der Waals surface area contributed by atoms with Gasteiger partial charge >= 0.3 is 0 Å². The second kappa shape index (κ2) is 10.2. The van der Waals surface area contributed by atoms with Crippen LogP contribution >= 0.6 is 0 Å². The highest BCUT2D eigenvalue weighted by atomic mass is 16.5. The zero-order valence-electron chi connectivity index (χ0n) is 17.7. The van der Waals surface area contributed by atoms with Crippen molar-refractivity contribution in [2.75, 3.05) is 36.2 Å². The Morgan fingerprint density at radius 2 is 1.58 bits per heavy atom. The first-order chi connectivity index (χ1) is 14.9. The van der Waals surface area contributed by atoms with Crippen LogP contribution in [0, 0.1) is 0 Å². The lowest BCUT2D eigenvalue weighted by Crippen LogP contribution is -2.30. The molecule has 0 aliphatic carbocycles. The molecule has 7 heteroatoms. The third kappa shape index (κ3) is 6.24. The Morgan fingerprint density at radius 1 is 0.903 bits per heavy atom. The first-order valence-electron chi connectivity index (χ1n) is 9.74. The quantitative estimate of drug-likeness (QED) is 0.561. The number of hydrogen-bond acceptors (Lipinski definition) is 5. The van der Waals surface area contributed by atoms with Gasteiger partial charge in [-0.2, -0.15) is 0 Å². The molecule has 3 rings (SSSR count). The Balaban J connectivity index is 1.62. The van der Waals surface area contributed by atoms with Crippen LogP contribution in [0.5, 0.6) is 17.2 Å². The number of likely N-dealkylation sites (N-methyl/N-ethyl adjacent to an activating group) is 1. The number of benzene rings is 3. The summed E-state index contributed by atoms with van der Waals surface area (Å²) in [6.45, 7) is 1.56. The number of nitrogens with zero attached hydrogens (tertiary/aromatic N) is 1. The summed E-state index contributed by atoms with van der Waals surface area (Å²) in [6, 6.07) is 22.1. The Labute approximate surface area is 181 Å². The van der Waals surface area contributed by atoms with Gasteiger partial charge < -0.3 is 25.0 Å². The predicted octanol–water partition coefficient (Wildman–Crippen LogP) is 4.52. The lowest BCUT2D eigenvalue weighted by molar-refractivity contribution is -0.115. The highest BCUT2D eigenvalue weighted by molar-refractivity contribution is 5.97. The van der Waals surface area contributed by atoms with Crippen LogP contribution in [0.2, 0.25) is 0 Å². The molecule has 0 atom stereocenters. The van der Waals surface area contributed by atoms with E-state index in [1.54, 1.807) is 18.2 Å². The molecule has 0 saturated carbocycles. The number of nitrogens with one attached hydrogen (secondary N) is 2. The molecule has 3 aromatic carbocycles. The van der Waals surface area contributed by atoms with Crippen molar-refractivity contribution in [3.8, 4) is 17.2 Å². The molecule has 0 aliphatic heterocycles. The molecule has 7 nitrogen and oxygen atoms in total. The normalized spacial score (nSPS) is 10.2. The second-order valence-electron chi connectivity index (χ2n) is 6.91. The number of anilines is 3. The van der Waals surface area contributed by atoms with Gasteiger partial charge in [0.05, 0.1) is 19.3 Å². The molecule has 0 fully saturated rings. The number of hydrogen-bond donors (Lipinski definition) is 2. The maximum absolute atomic E-state index is 12.6. The van der Waals surface area contributed by atoms with Crippen molar-refractivity contribution in [2.24, 2.45) is 0 Å². The Kier molecular flexibility index (Phi) is 7.11. The van der Waals surface area contributed by atoms with E-state index in [1.165, 1.54) is 14.0 Å².